The Labute approximate surface area is 98.7 Å². The fraction of sp³-hybridized carbons (Fsp3) is 0.727. The molecule has 0 aliphatic carbocycles. The van der Waals surface area contributed by atoms with Crippen LogP contribution in [0.2, 0.25) is 18.1 Å². The molecule has 0 aliphatic rings. The second-order valence-corrected chi connectivity index (χ2v) is 9.85. The summed E-state index contributed by atoms with van der Waals surface area (Å²) in [7, 11) is -1.92. The highest BCUT2D eigenvalue weighted by Crippen LogP contribution is 2.37. The third-order valence-corrected chi connectivity index (χ3v) is 7.24. The van der Waals surface area contributed by atoms with Crippen LogP contribution in [0.4, 0.5) is 4.79 Å². The van der Waals surface area contributed by atoms with E-state index in [2.05, 4.69) is 45.2 Å². The van der Waals surface area contributed by atoms with Gasteiger partial charge in [0, 0.05) is 0 Å². The van der Waals surface area contributed by atoms with Crippen LogP contribution in [0.5, 0.6) is 0 Å². The van der Waals surface area contributed by atoms with E-state index in [9.17, 15) is 4.79 Å². The molecular weight excluding hydrogens is 224 g/mol. The van der Waals surface area contributed by atoms with Crippen LogP contribution in [0, 0.1) is 0 Å². The maximum atomic E-state index is 11.0. The Morgan fingerprint density at radius 1 is 1.38 bits per heavy atom. The molecule has 0 rings (SSSR count). The molecule has 0 saturated heterocycles. The van der Waals surface area contributed by atoms with E-state index < -0.39 is 20.8 Å². The Balaban J connectivity index is 4.29. The van der Waals surface area contributed by atoms with Gasteiger partial charge in [0.15, 0.2) is 14.6 Å². The van der Waals surface area contributed by atoms with Crippen LogP contribution in [-0.2, 0) is 13.9 Å². The molecule has 16 heavy (non-hydrogen) atoms. The second kappa shape index (κ2) is 5.50. The fourth-order valence-corrected chi connectivity index (χ4v) is 2.08. The number of hydrogen-bond donors (Lipinski definition) is 0. The molecule has 1 unspecified atom stereocenters. The predicted molar refractivity (Wildman–Crippen MR) is 65.5 cm³/mol. The zero-order chi connectivity index (χ0) is 13.0. The molecule has 4 nitrogen and oxygen atoms in total. The topological polar surface area (TPSA) is 44.8 Å². The molecule has 0 spiro atoms. The molecule has 0 heterocycles. The third-order valence-electron chi connectivity index (χ3n) is 2.71. The summed E-state index contributed by atoms with van der Waals surface area (Å²) in [6, 6.07) is 0. The monoisotopic (exact) mass is 246 g/mol. The van der Waals surface area contributed by atoms with Crippen molar-refractivity contribution in [2.24, 2.45) is 0 Å². The molecule has 0 saturated carbocycles. The summed E-state index contributed by atoms with van der Waals surface area (Å²) < 4.78 is 15.2. The summed E-state index contributed by atoms with van der Waals surface area (Å²) in [6.45, 7) is 15.5. The third kappa shape index (κ3) is 4.81. The van der Waals surface area contributed by atoms with Crippen molar-refractivity contribution in [2.45, 2.75) is 52.1 Å². The molecule has 5 heteroatoms. The van der Waals surface area contributed by atoms with Gasteiger partial charge in [-0.25, -0.2) is 4.79 Å². The Hall–Kier alpha value is -0.813. The Morgan fingerprint density at radius 2 is 1.88 bits per heavy atom. The lowest BCUT2D eigenvalue weighted by atomic mass is 10.2. The average Bonchev–Trinajstić information content (AvgIpc) is 1.99. The minimum Gasteiger partial charge on any atom is -0.405 e. The Kier molecular flexibility index (Phi) is 5.22. The van der Waals surface area contributed by atoms with Crippen molar-refractivity contribution in [1.82, 2.24) is 0 Å². The van der Waals surface area contributed by atoms with E-state index in [0.717, 1.165) is 6.26 Å². The normalized spacial score (nSPS) is 14.1. The minimum atomic E-state index is -1.92. The van der Waals surface area contributed by atoms with E-state index in [-0.39, 0.29) is 5.04 Å². The van der Waals surface area contributed by atoms with Crippen LogP contribution in [0.25, 0.3) is 0 Å². The molecule has 0 N–H and O–H groups in total. The van der Waals surface area contributed by atoms with Gasteiger partial charge in [-0.1, -0.05) is 27.4 Å². The van der Waals surface area contributed by atoms with Crippen molar-refractivity contribution in [2.75, 3.05) is 0 Å². The predicted octanol–water partition coefficient (Wildman–Crippen LogP) is 3.65. The molecule has 0 aromatic rings. The average molecular weight is 246 g/mol. The largest absolute Gasteiger partial charge is 0.515 e. The maximum Gasteiger partial charge on any atom is 0.515 e. The van der Waals surface area contributed by atoms with E-state index in [1.807, 2.05) is 0 Å². The molecule has 0 aliphatic heterocycles. The smallest absolute Gasteiger partial charge is 0.405 e. The lowest BCUT2D eigenvalue weighted by Crippen LogP contribution is -2.44. The molecule has 0 fully saturated rings. The molecule has 0 radical (unpaired) electrons. The molecule has 0 bridgehead atoms. The van der Waals surface area contributed by atoms with Gasteiger partial charge in [-0.15, -0.1) is 0 Å². The number of carbonyl (C=O) groups excluding carboxylic acids is 1. The number of hydrogen-bond acceptors (Lipinski definition) is 4. The summed E-state index contributed by atoms with van der Waals surface area (Å²) in [6.07, 6.45) is -0.365. The molecule has 0 aromatic heterocycles. The van der Waals surface area contributed by atoms with Crippen molar-refractivity contribution in [3.63, 3.8) is 0 Å². The van der Waals surface area contributed by atoms with Gasteiger partial charge in [0.25, 0.3) is 0 Å². The lowest BCUT2D eigenvalue weighted by Gasteiger charge is -2.37. The first kappa shape index (κ1) is 15.2. The van der Waals surface area contributed by atoms with Crippen molar-refractivity contribution in [1.29, 1.82) is 0 Å². The van der Waals surface area contributed by atoms with Crippen LogP contribution in [0.15, 0.2) is 12.8 Å². The van der Waals surface area contributed by atoms with Gasteiger partial charge in [-0.2, -0.15) is 0 Å². The van der Waals surface area contributed by atoms with Crippen LogP contribution in [0.3, 0.4) is 0 Å². The van der Waals surface area contributed by atoms with Gasteiger partial charge in [0.1, 0.15) is 0 Å². The van der Waals surface area contributed by atoms with Crippen LogP contribution in [-0.4, -0.2) is 20.8 Å². The van der Waals surface area contributed by atoms with E-state index >= 15 is 0 Å². The zero-order valence-corrected chi connectivity index (χ0v) is 12.0. The van der Waals surface area contributed by atoms with Gasteiger partial charge in [-0.3, -0.25) is 0 Å². The van der Waals surface area contributed by atoms with E-state index in [0.29, 0.717) is 0 Å². The standard InChI is InChI=1S/C11H22O4Si/c1-8-13-10(12)14-9(2)15-16(6,7)11(3,4)5/h8-9H,1H2,2-7H3. The molecule has 1 atom stereocenters. The molecule has 0 amide bonds. The second-order valence-electron chi connectivity index (χ2n) is 5.10. The van der Waals surface area contributed by atoms with Crippen molar-refractivity contribution >= 4 is 14.5 Å². The molecule has 0 aromatic carbocycles. The number of carbonyl (C=O) groups is 1. The first-order valence-electron chi connectivity index (χ1n) is 5.26. The van der Waals surface area contributed by atoms with Gasteiger partial charge >= 0.3 is 6.16 Å². The summed E-state index contributed by atoms with van der Waals surface area (Å²) in [4.78, 5) is 11.0. The zero-order valence-electron chi connectivity index (χ0n) is 11.0. The van der Waals surface area contributed by atoms with E-state index in [1.165, 1.54) is 0 Å². The molecule has 94 valence electrons. The highest BCUT2D eigenvalue weighted by Gasteiger charge is 2.39. The van der Waals surface area contributed by atoms with Crippen molar-refractivity contribution < 1.29 is 18.7 Å². The highest BCUT2D eigenvalue weighted by molar-refractivity contribution is 6.74. The Morgan fingerprint density at radius 3 is 2.25 bits per heavy atom. The van der Waals surface area contributed by atoms with Crippen molar-refractivity contribution in [3.8, 4) is 0 Å². The van der Waals surface area contributed by atoms with Gasteiger partial charge in [0.2, 0.25) is 0 Å². The van der Waals surface area contributed by atoms with Gasteiger partial charge < -0.3 is 13.9 Å². The highest BCUT2D eigenvalue weighted by atomic mass is 28.4. The summed E-state index contributed by atoms with van der Waals surface area (Å²) >= 11 is 0. The summed E-state index contributed by atoms with van der Waals surface area (Å²) in [5, 5.41) is 0.0764. The first-order valence-corrected chi connectivity index (χ1v) is 8.17. The fourth-order valence-electron chi connectivity index (χ4n) is 0.847. The minimum absolute atomic E-state index is 0.0764. The van der Waals surface area contributed by atoms with Crippen LogP contribution < -0.4 is 0 Å². The number of rotatable bonds is 4. The summed E-state index contributed by atoms with van der Waals surface area (Å²) in [5.41, 5.74) is 0. The maximum absolute atomic E-state index is 11.0. The lowest BCUT2D eigenvalue weighted by molar-refractivity contribution is -0.0502. The quantitative estimate of drug-likeness (QED) is 0.329. The summed E-state index contributed by atoms with van der Waals surface area (Å²) in [5.74, 6) is 0. The van der Waals surface area contributed by atoms with Gasteiger partial charge in [0.05, 0.1) is 6.26 Å². The van der Waals surface area contributed by atoms with Gasteiger partial charge in [-0.05, 0) is 25.1 Å². The van der Waals surface area contributed by atoms with Crippen LogP contribution >= 0.6 is 0 Å². The Bertz CT molecular complexity index is 255. The van der Waals surface area contributed by atoms with Crippen LogP contribution in [0.1, 0.15) is 27.7 Å². The van der Waals surface area contributed by atoms with Crippen molar-refractivity contribution in [3.05, 3.63) is 12.8 Å². The number of ether oxygens (including phenoxy) is 2. The van der Waals surface area contributed by atoms with E-state index in [1.54, 1.807) is 6.92 Å². The first-order chi connectivity index (χ1) is 7.10. The SMILES string of the molecule is C=COC(=O)OC(C)O[Si](C)(C)C(C)(C)C. The van der Waals surface area contributed by atoms with E-state index in [4.69, 9.17) is 9.16 Å². The molecular formula is C11H22O4Si.